The summed E-state index contributed by atoms with van der Waals surface area (Å²) < 4.78 is 5.26. The minimum Gasteiger partial charge on any atom is -0.444 e. The normalized spacial score (nSPS) is 20.5. The fourth-order valence-electron chi connectivity index (χ4n) is 2.58. The standard InChI is InChI=1S/C17H22ClN3O2/c1-17(2,3)23-16(22)21-15-7-14(15)20-9-10-8-19-13-6-11(18)4-5-12(10)13/h4-6,8,14-15,19-20H,7,9H2,1-3H3,(H,21,22). The summed E-state index contributed by atoms with van der Waals surface area (Å²) in [7, 11) is 0. The van der Waals surface area contributed by atoms with Crippen LogP contribution in [0.15, 0.2) is 24.4 Å². The van der Waals surface area contributed by atoms with Crippen LogP contribution in [0.2, 0.25) is 5.02 Å². The van der Waals surface area contributed by atoms with Crippen molar-refractivity contribution in [2.45, 2.75) is 51.4 Å². The SMILES string of the molecule is CC(C)(C)OC(=O)NC1CC1NCc1c[nH]c2cc(Cl)ccc12. The highest BCUT2D eigenvalue weighted by molar-refractivity contribution is 6.31. The number of rotatable bonds is 4. The summed E-state index contributed by atoms with van der Waals surface area (Å²) in [5.41, 5.74) is 1.76. The maximum atomic E-state index is 11.7. The molecule has 2 unspecified atom stereocenters. The van der Waals surface area contributed by atoms with E-state index in [1.807, 2.05) is 45.2 Å². The molecule has 1 aromatic carbocycles. The fourth-order valence-corrected chi connectivity index (χ4v) is 2.76. The van der Waals surface area contributed by atoms with Gasteiger partial charge in [-0.15, -0.1) is 0 Å². The summed E-state index contributed by atoms with van der Waals surface area (Å²) >= 11 is 5.99. The maximum absolute atomic E-state index is 11.7. The molecule has 0 radical (unpaired) electrons. The first-order valence-electron chi connectivity index (χ1n) is 7.80. The third-order valence-electron chi connectivity index (χ3n) is 3.78. The predicted molar refractivity (Wildman–Crippen MR) is 91.7 cm³/mol. The lowest BCUT2D eigenvalue weighted by Gasteiger charge is -2.19. The average Bonchev–Trinajstić information content (AvgIpc) is 3.03. The van der Waals surface area contributed by atoms with Crippen molar-refractivity contribution in [3.05, 3.63) is 35.0 Å². The van der Waals surface area contributed by atoms with Crippen molar-refractivity contribution >= 4 is 28.6 Å². The summed E-state index contributed by atoms with van der Waals surface area (Å²) in [4.78, 5) is 14.9. The Morgan fingerprint density at radius 3 is 2.91 bits per heavy atom. The molecule has 0 saturated heterocycles. The molecule has 1 aliphatic carbocycles. The number of benzene rings is 1. The third-order valence-corrected chi connectivity index (χ3v) is 4.01. The quantitative estimate of drug-likeness (QED) is 0.800. The van der Waals surface area contributed by atoms with Crippen LogP contribution in [0, 0.1) is 0 Å². The van der Waals surface area contributed by atoms with Gasteiger partial charge in [-0.05, 0) is 44.9 Å². The van der Waals surface area contributed by atoms with E-state index in [0.29, 0.717) is 6.04 Å². The van der Waals surface area contributed by atoms with E-state index < -0.39 is 5.60 Å². The van der Waals surface area contributed by atoms with Gasteiger partial charge in [-0.2, -0.15) is 0 Å². The van der Waals surface area contributed by atoms with Crippen molar-refractivity contribution in [3.8, 4) is 0 Å². The van der Waals surface area contributed by atoms with E-state index in [-0.39, 0.29) is 12.1 Å². The first-order chi connectivity index (χ1) is 10.8. The van der Waals surface area contributed by atoms with E-state index >= 15 is 0 Å². The van der Waals surface area contributed by atoms with Gasteiger partial charge >= 0.3 is 6.09 Å². The number of alkyl carbamates (subject to hydrolysis) is 1. The van der Waals surface area contributed by atoms with Crippen LogP contribution in [0.1, 0.15) is 32.8 Å². The van der Waals surface area contributed by atoms with Gasteiger partial charge in [0.25, 0.3) is 0 Å². The molecule has 1 amide bonds. The van der Waals surface area contributed by atoms with Crippen molar-refractivity contribution in [2.75, 3.05) is 0 Å². The highest BCUT2D eigenvalue weighted by atomic mass is 35.5. The van der Waals surface area contributed by atoms with Gasteiger partial charge in [-0.3, -0.25) is 0 Å². The second-order valence-electron chi connectivity index (χ2n) is 6.98. The van der Waals surface area contributed by atoms with Crippen molar-refractivity contribution in [1.29, 1.82) is 0 Å². The van der Waals surface area contributed by atoms with Crippen LogP contribution < -0.4 is 10.6 Å². The molecule has 3 N–H and O–H groups in total. The van der Waals surface area contributed by atoms with E-state index in [9.17, 15) is 4.79 Å². The zero-order chi connectivity index (χ0) is 16.6. The highest BCUT2D eigenvalue weighted by Crippen LogP contribution is 2.25. The molecule has 124 valence electrons. The molecule has 23 heavy (non-hydrogen) atoms. The average molecular weight is 336 g/mol. The molecule has 5 nitrogen and oxygen atoms in total. The summed E-state index contributed by atoms with van der Waals surface area (Å²) in [6.07, 6.45) is 2.56. The molecule has 0 bridgehead atoms. The Morgan fingerprint density at radius 2 is 2.17 bits per heavy atom. The minimum atomic E-state index is -0.465. The zero-order valence-corrected chi connectivity index (χ0v) is 14.3. The Bertz CT molecular complexity index is 720. The third kappa shape index (κ3) is 4.18. The van der Waals surface area contributed by atoms with Crippen LogP contribution in [0.5, 0.6) is 0 Å². The summed E-state index contributed by atoms with van der Waals surface area (Å²) in [5, 5.41) is 8.24. The molecule has 1 fully saturated rings. The number of carbonyl (C=O) groups is 1. The molecule has 2 atom stereocenters. The molecule has 6 heteroatoms. The second-order valence-corrected chi connectivity index (χ2v) is 7.42. The number of ether oxygens (including phenoxy) is 1. The van der Waals surface area contributed by atoms with Crippen molar-refractivity contribution in [2.24, 2.45) is 0 Å². The number of aromatic amines is 1. The van der Waals surface area contributed by atoms with E-state index in [0.717, 1.165) is 23.5 Å². The van der Waals surface area contributed by atoms with Crippen molar-refractivity contribution in [1.82, 2.24) is 15.6 Å². The summed E-state index contributed by atoms with van der Waals surface area (Å²) in [6.45, 7) is 6.33. The minimum absolute atomic E-state index is 0.143. The second kappa shape index (κ2) is 6.06. The lowest BCUT2D eigenvalue weighted by Crippen LogP contribution is -2.36. The summed E-state index contributed by atoms with van der Waals surface area (Å²) in [6, 6.07) is 6.27. The zero-order valence-electron chi connectivity index (χ0n) is 13.6. The Morgan fingerprint density at radius 1 is 1.39 bits per heavy atom. The molecule has 3 rings (SSSR count). The number of amides is 1. The number of carbonyl (C=O) groups excluding carboxylic acids is 1. The lowest BCUT2D eigenvalue weighted by atomic mass is 10.2. The van der Waals surface area contributed by atoms with E-state index in [2.05, 4.69) is 15.6 Å². The molecule has 1 aromatic heterocycles. The highest BCUT2D eigenvalue weighted by Gasteiger charge is 2.38. The van der Waals surface area contributed by atoms with Crippen LogP contribution in [-0.4, -0.2) is 28.8 Å². The monoisotopic (exact) mass is 335 g/mol. The van der Waals surface area contributed by atoms with E-state index in [1.54, 1.807) is 0 Å². The number of nitrogens with one attached hydrogen (secondary N) is 3. The Labute approximate surface area is 140 Å². The van der Waals surface area contributed by atoms with Gasteiger partial charge in [-0.1, -0.05) is 17.7 Å². The lowest BCUT2D eigenvalue weighted by molar-refractivity contribution is 0.0522. The van der Waals surface area contributed by atoms with Gasteiger partial charge in [0.2, 0.25) is 0 Å². The molecular formula is C17H22ClN3O2. The smallest absolute Gasteiger partial charge is 0.407 e. The first kappa shape index (κ1) is 16.1. The summed E-state index contributed by atoms with van der Waals surface area (Å²) in [5.74, 6) is 0. The van der Waals surface area contributed by atoms with Crippen LogP contribution in [0.25, 0.3) is 10.9 Å². The Kier molecular flexibility index (Phi) is 4.25. The molecule has 1 saturated carbocycles. The fraction of sp³-hybridized carbons (Fsp3) is 0.471. The van der Waals surface area contributed by atoms with Gasteiger partial charge in [-0.25, -0.2) is 4.79 Å². The number of H-pyrrole nitrogens is 1. The maximum Gasteiger partial charge on any atom is 0.407 e. The number of halogens is 1. The van der Waals surface area contributed by atoms with Crippen LogP contribution >= 0.6 is 11.6 Å². The van der Waals surface area contributed by atoms with Gasteiger partial charge in [0.15, 0.2) is 0 Å². The van der Waals surface area contributed by atoms with Crippen molar-refractivity contribution < 1.29 is 9.53 Å². The van der Waals surface area contributed by atoms with E-state index in [4.69, 9.17) is 16.3 Å². The first-order valence-corrected chi connectivity index (χ1v) is 8.18. The van der Waals surface area contributed by atoms with Gasteiger partial charge in [0, 0.05) is 40.8 Å². The number of hydrogen-bond acceptors (Lipinski definition) is 3. The molecule has 2 aromatic rings. The number of aromatic nitrogens is 1. The predicted octanol–water partition coefficient (Wildman–Crippen LogP) is 3.58. The van der Waals surface area contributed by atoms with Crippen LogP contribution in [0.3, 0.4) is 0 Å². The molecule has 0 spiro atoms. The molecule has 1 heterocycles. The topological polar surface area (TPSA) is 66.2 Å². The van der Waals surface area contributed by atoms with E-state index in [1.165, 1.54) is 10.9 Å². The van der Waals surface area contributed by atoms with Crippen LogP contribution in [-0.2, 0) is 11.3 Å². The number of hydrogen-bond donors (Lipinski definition) is 3. The van der Waals surface area contributed by atoms with Gasteiger partial charge < -0.3 is 20.4 Å². The number of fused-ring (bicyclic) bond motifs is 1. The van der Waals surface area contributed by atoms with Crippen LogP contribution in [0.4, 0.5) is 4.79 Å². The largest absolute Gasteiger partial charge is 0.444 e. The Balaban J connectivity index is 1.49. The molecule has 1 aliphatic rings. The van der Waals surface area contributed by atoms with Gasteiger partial charge in [0.05, 0.1) is 0 Å². The van der Waals surface area contributed by atoms with Gasteiger partial charge in [0.1, 0.15) is 5.60 Å². The van der Waals surface area contributed by atoms with Crippen molar-refractivity contribution in [3.63, 3.8) is 0 Å². The molecular weight excluding hydrogens is 314 g/mol. The molecule has 0 aliphatic heterocycles. The Hall–Kier alpha value is -1.72.